The van der Waals surface area contributed by atoms with Crippen LogP contribution in [0.15, 0.2) is 18.3 Å². The lowest BCUT2D eigenvalue weighted by Gasteiger charge is -2.46. The molecule has 0 bridgehead atoms. The molecule has 0 fully saturated rings. The molecule has 0 aliphatic heterocycles. The normalized spacial score (nSPS) is 13.6. The molecule has 114 valence electrons. The second kappa shape index (κ2) is 7.60. The lowest BCUT2D eigenvalue weighted by atomic mass is 9.81. The van der Waals surface area contributed by atoms with E-state index in [2.05, 4.69) is 37.6 Å². The Bertz CT molecular complexity index is 400. The number of nitrogens with zero attached hydrogens (tertiary/aromatic N) is 2. The number of rotatable bonds is 8. The molecule has 0 saturated carbocycles. The summed E-state index contributed by atoms with van der Waals surface area (Å²) >= 11 is 0. The molecule has 4 heteroatoms. The van der Waals surface area contributed by atoms with Crippen molar-refractivity contribution in [2.24, 2.45) is 5.73 Å². The van der Waals surface area contributed by atoms with Crippen molar-refractivity contribution in [1.82, 2.24) is 9.88 Å². The first-order chi connectivity index (χ1) is 9.61. The SMILES string of the molecule is CCN(CC)C(CC)(CC)C(N)c1ncccc1OC. The Labute approximate surface area is 123 Å². The number of pyridine rings is 1. The van der Waals surface area contributed by atoms with Crippen molar-refractivity contribution in [3.05, 3.63) is 24.0 Å². The number of likely N-dealkylation sites (N-methyl/N-ethyl adjacent to an activating group) is 1. The van der Waals surface area contributed by atoms with E-state index >= 15 is 0 Å². The Kier molecular flexibility index (Phi) is 6.43. The Morgan fingerprint density at radius 1 is 1.25 bits per heavy atom. The van der Waals surface area contributed by atoms with Gasteiger partial charge in [-0.2, -0.15) is 0 Å². The van der Waals surface area contributed by atoms with Crippen LogP contribution in [0.25, 0.3) is 0 Å². The van der Waals surface area contributed by atoms with Gasteiger partial charge in [0.2, 0.25) is 0 Å². The fraction of sp³-hybridized carbons (Fsp3) is 0.688. The number of aromatic nitrogens is 1. The van der Waals surface area contributed by atoms with Gasteiger partial charge in [-0.3, -0.25) is 9.88 Å². The van der Waals surface area contributed by atoms with Crippen molar-refractivity contribution in [2.45, 2.75) is 52.1 Å². The predicted octanol–water partition coefficient (Wildman–Crippen LogP) is 2.99. The highest BCUT2D eigenvalue weighted by atomic mass is 16.5. The van der Waals surface area contributed by atoms with E-state index < -0.39 is 0 Å². The first-order valence-corrected chi connectivity index (χ1v) is 7.60. The molecule has 0 aromatic carbocycles. The summed E-state index contributed by atoms with van der Waals surface area (Å²) in [5.41, 5.74) is 7.41. The smallest absolute Gasteiger partial charge is 0.142 e. The highest BCUT2D eigenvalue weighted by molar-refractivity contribution is 5.31. The average molecular weight is 279 g/mol. The fourth-order valence-corrected chi connectivity index (χ4v) is 3.25. The van der Waals surface area contributed by atoms with Crippen molar-refractivity contribution in [1.29, 1.82) is 0 Å². The zero-order chi connectivity index (χ0) is 15.2. The van der Waals surface area contributed by atoms with E-state index in [0.717, 1.165) is 37.4 Å². The fourth-order valence-electron chi connectivity index (χ4n) is 3.25. The van der Waals surface area contributed by atoms with E-state index in [-0.39, 0.29) is 11.6 Å². The van der Waals surface area contributed by atoms with Crippen LogP contribution >= 0.6 is 0 Å². The van der Waals surface area contributed by atoms with Gasteiger partial charge in [0, 0.05) is 11.7 Å². The summed E-state index contributed by atoms with van der Waals surface area (Å²) in [7, 11) is 1.67. The van der Waals surface area contributed by atoms with Gasteiger partial charge in [-0.25, -0.2) is 0 Å². The monoisotopic (exact) mass is 279 g/mol. The zero-order valence-corrected chi connectivity index (χ0v) is 13.5. The maximum atomic E-state index is 6.64. The predicted molar refractivity (Wildman–Crippen MR) is 84.0 cm³/mol. The van der Waals surface area contributed by atoms with E-state index in [4.69, 9.17) is 10.5 Å². The molecule has 1 unspecified atom stereocenters. The van der Waals surface area contributed by atoms with E-state index in [1.807, 2.05) is 12.1 Å². The molecular formula is C16H29N3O. The van der Waals surface area contributed by atoms with E-state index in [1.54, 1.807) is 13.3 Å². The first kappa shape index (κ1) is 16.9. The molecule has 0 radical (unpaired) electrons. The van der Waals surface area contributed by atoms with Gasteiger partial charge in [-0.05, 0) is 38.1 Å². The molecule has 1 heterocycles. The second-order valence-electron chi connectivity index (χ2n) is 5.05. The van der Waals surface area contributed by atoms with Gasteiger partial charge in [-0.15, -0.1) is 0 Å². The van der Waals surface area contributed by atoms with Gasteiger partial charge in [0.15, 0.2) is 0 Å². The summed E-state index contributed by atoms with van der Waals surface area (Å²) in [6.45, 7) is 10.8. The quantitative estimate of drug-likeness (QED) is 0.795. The molecule has 0 amide bonds. The van der Waals surface area contributed by atoms with E-state index in [1.165, 1.54) is 0 Å². The van der Waals surface area contributed by atoms with Gasteiger partial charge < -0.3 is 10.5 Å². The minimum absolute atomic E-state index is 0.0782. The van der Waals surface area contributed by atoms with Gasteiger partial charge in [0.25, 0.3) is 0 Å². The van der Waals surface area contributed by atoms with Crippen LogP contribution in [-0.4, -0.2) is 35.6 Å². The molecule has 2 N–H and O–H groups in total. The summed E-state index contributed by atoms with van der Waals surface area (Å²) in [6, 6.07) is 3.65. The van der Waals surface area contributed by atoms with Crippen molar-refractivity contribution in [3.8, 4) is 5.75 Å². The molecule has 1 rings (SSSR count). The van der Waals surface area contributed by atoms with Crippen LogP contribution in [0.2, 0.25) is 0 Å². The molecule has 20 heavy (non-hydrogen) atoms. The lowest BCUT2D eigenvalue weighted by molar-refractivity contribution is 0.0603. The minimum atomic E-state index is -0.159. The van der Waals surface area contributed by atoms with E-state index in [9.17, 15) is 0 Å². The van der Waals surface area contributed by atoms with E-state index in [0.29, 0.717) is 0 Å². The topological polar surface area (TPSA) is 51.4 Å². The molecule has 0 saturated heterocycles. The van der Waals surface area contributed by atoms with Gasteiger partial charge in [0.1, 0.15) is 11.4 Å². The van der Waals surface area contributed by atoms with Gasteiger partial charge >= 0.3 is 0 Å². The van der Waals surface area contributed by atoms with Crippen LogP contribution in [0, 0.1) is 0 Å². The number of hydrogen-bond donors (Lipinski definition) is 1. The van der Waals surface area contributed by atoms with Crippen molar-refractivity contribution in [2.75, 3.05) is 20.2 Å². The third-order valence-electron chi connectivity index (χ3n) is 4.51. The number of nitrogens with two attached hydrogens (primary N) is 1. The maximum Gasteiger partial charge on any atom is 0.142 e. The summed E-state index contributed by atoms with van der Waals surface area (Å²) in [4.78, 5) is 6.94. The summed E-state index contributed by atoms with van der Waals surface area (Å²) < 4.78 is 5.44. The number of methoxy groups -OCH3 is 1. The van der Waals surface area contributed by atoms with Crippen LogP contribution in [0.5, 0.6) is 5.75 Å². The Morgan fingerprint density at radius 2 is 1.85 bits per heavy atom. The standard InChI is InChI=1S/C16H29N3O/c1-6-16(7-2,19(8-3)9-4)15(17)14-13(20-5)11-10-12-18-14/h10-12,15H,6-9,17H2,1-5H3. The first-order valence-electron chi connectivity index (χ1n) is 7.60. The largest absolute Gasteiger partial charge is 0.495 e. The maximum absolute atomic E-state index is 6.64. The molecule has 1 atom stereocenters. The Morgan fingerprint density at radius 3 is 2.30 bits per heavy atom. The zero-order valence-electron chi connectivity index (χ0n) is 13.5. The third kappa shape index (κ3) is 2.96. The molecule has 0 aliphatic carbocycles. The number of ether oxygens (including phenoxy) is 1. The van der Waals surface area contributed by atoms with Crippen LogP contribution in [0.4, 0.5) is 0 Å². The third-order valence-corrected chi connectivity index (χ3v) is 4.51. The average Bonchev–Trinajstić information content (AvgIpc) is 2.52. The second-order valence-corrected chi connectivity index (χ2v) is 5.05. The van der Waals surface area contributed by atoms with Crippen LogP contribution < -0.4 is 10.5 Å². The highest BCUT2D eigenvalue weighted by Gasteiger charge is 2.40. The molecule has 1 aromatic heterocycles. The minimum Gasteiger partial charge on any atom is -0.495 e. The molecule has 1 aromatic rings. The Hall–Kier alpha value is -1.13. The molecular weight excluding hydrogens is 250 g/mol. The van der Waals surface area contributed by atoms with Crippen LogP contribution in [-0.2, 0) is 0 Å². The number of hydrogen-bond acceptors (Lipinski definition) is 4. The summed E-state index contributed by atoms with van der Waals surface area (Å²) in [5, 5.41) is 0. The summed E-state index contributed by atoms with van der Waals surface area (Å²) in [6.07, 6.45) is 3.77. The van der Waals surface area contributed by atoms with Gasteiger partial charge in [-0.1, -0.05) is 27.7 Å². The lowest BCUT2D eigenvalue weighted by Crippen LogP contribution is -2.55. The van der Waals surface area contributed by atoms with Gasteiger partial charge in [0.05, 0.1) is 13.2 Å². The molecule has 4 nitrogen and oxygen atoms in total. The van der Waals surface area contributed by atoms with Crippen molar-refractivity contribution < 1.29 is 4.74 Å². The summed E-state index contributed by atoms with van der Waals surface area (Å²) in [5.74, 6) is 0.776. The Balaban J connectivity index is 3.26. The highest BCUT2D eigenvalue weighted by Crippen LogP contribution is 2.37. The van der Waals surface area contributed by atoms with Crippen molar-refractivity contribution in [3.63, 3.8) is 0 Å². The van der Waals surface area contributed by atoms with Crippen LogP contribution in [0.3, 0.4) is 0 Å². The molecule has 0 spiro atoms. The van der Waals surface area contributed by atoms with Crippen molar-refractivity contribution >= 4 is 0 Å². The molecule has 0 aliphatic rings. The van der Waals surface area contributed by atoms with Crippen LogP contribution in [0.1, 0.15) is 52.3 Å².